The van der Waals surface area contributed by atoms with Gasteiger partial charge in [-0.1, -0.05) is 360 Å². The van der Waals surface area contributed by atoms with Gasteiger partial charge in [-0.15, -0.1) is 0 Å². The molecule has 0 fully saturated rings. The number of hydrogen-bond donors (Lipinski definition) is 0. The van der Waals surface area contributed by atoms with E-state index in [4.69, 9.17) is 0 Å². The van der Waals surface area contributed by atoms with Crippen LogP contribution in [0.2, 0.25) is 0 Å². The van der Waals surface area contributed by atoms with Crippen LogP contribution < -0.4 is 26.2 Å². The van der Waals surface area contributed by atoms with Gasteiger partial charge in [0.25, 0.3) is 6.71 Å². The molecule has 0 aliphatic carbocycles. The quantitative estimate of drug-likeness (QED) is 0.127. The molecule has 123 heavy (non-hydrogen) atoms. The lowest BCUT2D eigenvalue weighted by Gasteiger charge is -2.46. The average molecular weight is 1560 g/mol. The number of anilines is 6. The summed E-state index contributed by atoms with van der Waals surface area (Å²) in [6.07, 6.45) is 0. The Hall–Kier alpha value is -15.6. The van der Waals surface area contributed by atoms with Crippen molar-refractivity contribution < 1.29 is 0 Å². The minimum absolute atomic E-state index is 0.327. The summed E-state index contributed by atoms with van der Waals surface area (Å²) in [6, 6.07) is 161. The molecule has 25 rings (SSSR count). The predicted molar refractivity (Wildman–Crippen MR) is 525 cm³/mol. The van der Waals surface area contributed by atoms with Crippen molar-refractivity contribution in [2.45, 2.75) is 26.2 Å². The third-order valence-corrected chi connectivity index (χ3v) is 26.7. The first kappa shape index (κ1) is 70.5. The van der Waals surface area contributed by atoms with Gasteiger partial charge >= 0.3 is 0 Å². The summed E-state index contributed by atoms with van der Waals surface area (Å²) < 4.78 is 5.15. The van der Waals surface area contributed by atoms with Crippen molar-refractivity contribution in [2.24, 2.45) is 0 Å². The highest BCUT2D eigenvalue weighted by Gasteiger charge is 2.47. The smallest absolute Gasteiger partial charge is 0.252 e. The molecule has 0 spiro atoms. The minimum Gasteiger partial charge on any atom is -0.310 e. The van der Waals surface area contributed by atoms with Crippen LogP contribution in [0.1, 0.15) is 26.3 Å². The van der Waals surface area contributed by atoms with Gasteiger partial charge in [-0.05, 0) is 221 Å². The fourth-order valence-corrected chi connectivity index (χ4v) is 21.2. The van der Waals surface area contributed by atoms with E-state index in [1.165, 1.54) is 119 Å². The summed E-state index contributed by atoms with van der Waals surface area (Å²) >= 11 is 0. The number of nitrogens with zero attached hydrogens (tertiary/aromatic N) is 4. The normalized spacial score (nSPS) is 12.6. The van der Waals surface area contributed by atoms with Crippen LogP contribution in [-0.2, 0) is 5.41 Å². The number of aromatic nitrogens is 2. The Morgan fingerprint density at radius 2 is 0.488 bits per heavy atom. The summed E-state index contributed by atoms with van der Waals surface area (Å²) in [7, 11) is 0. The van der Waals surface area contributed by atoms with E-state index in [0.29, 0.717) is 0 Å². The van der Waals surface area contributed by atoms with Crippen LogP contribution >= 0.6 is 0 Å². The van der Waals surface area contributed by atoms with Crippen molar-refractivity contribution >= 4 is 165 Å². The lowest BCUT2D eigenvalue weighted by molar-refractivity contribution is 0.590. The zero-order valence-electron chi connectivity index (χ0n) is 68.3. The molecule has 0 amide bonds. The van der Waals surface area contributed by atoms with E-state index in [1.54, 1.807) is 0 Å². The van der Waals surface area contributed by atoms with Crippen LogP contribution in [0.4, 0.5) is 34.1 Å². The predicted octanol–water partition coefficient (Wildman–Crippen LogP) is 30.2. The Morgan fingerprint density at radius 3 is 0.797 bits per heavy atom. The van der Waals surface area contributed by atoms with Gasteiger partial charge in [0.05, 0.1) is 33.4 Å². The summed E-state index contributed by atoms with van der Waals surface area (Å²) in [5.74, 6) is 0. The van der Waals surface area contributed by atoms with Crippen LogP contribution in [0.3, 0.4) is 0 Å². The van der Waals surface area contributed by atoms with Crippen molar-refractivity contribution in [3.63, 3.8) is 0 Å². The molecule has 2 aliphatic heterocycles. The molecule has 5 heteroatoms. The molecule has 4 nitrogen and oxygen atoms in total. The molecule has 2 aliphatic rings. The van der Waals surface area contributed by atoms with Gasteiger partial charge in [0.15, 0.2) is 0 Å². The lowest BCUT2D eigenvalue weighted by atomic mass is 9.33. The molecule has 4 heterocycles. The molecular weight excluding hydrogens is 1480 g/mol. The Bertz CT molecular complexity index is 7560. The highest BCUT2D eigenvalue weighted by atomic mass is 15.2. The molecule has 0 unspecified atom stereocenters. The molecule has 0 saturated heterocycles. The molecule has 0 saturated carbocycles. The molecule has 2 aromatic heterocycles. The zero-order chi connectivity index (χ0) is 81.3. The lowest BCUT2D eigenvalue weighted by Crippen LogP contribution is -2.61. The topological polar surface area (TPSA) is 16.3 Å². The maximum Gasteiger partial charge on any atom is 0.252 e. The highest BCUT2D eigenvalue weighted by Crippen LogP contribution is 2.57. The van der Waals surface area contributed by atoms with Gasteiger partial charge in [0.2, 0.25) is 0 Å². The van der Waals surface area contributed by atoms with Crippen LogP contribution in [-0.4, -0.2) is 15.8 Å². The van der Waals surface area contributed by atoms with E-state index in [-0.39, 0.29) is 6.71 Å². The van der Waals surface area contributed by atoms with Crippen molar-refractivity contribution in [1.29, 1.82) is 0 Å². The number of rotatable bonds is 10. The number of hydrogen-bond acceptors (Lipinski definition) is 2. The van der Waals surface area contributed by atoms with E-state index in [1.807, 2.05) is 0 Å². The van der Waals surface area contributed by atoms with Crippen LogP contribution in [0.5, 0.6) is 0 Å². The summed E-state index contributed by atoms with van der Waals surface area (Å²) in [4.78, 5) is 5.51. The Kier molecular flexibility index (Phi) is 15.8. The third kappa shape index (κ3) is 10.9. The van der Waals surface area contributed by atoms with Crippen molar-refractivity contribution in [3.05, 3.63) is 430 Å². The van der Waals surface area contributed by atoms with Crippen molar-refractivity contribution in [3.8, 4) is 78.1 Å². The van der Waals surface area contributed by atoms with E-state index in [9.17, 15) is 0 Å². The first-order chi connectivity index (χ1) is 60.7. The summed E-state index contributed by atoms with van der Waals surface area (Å²) in [5.41, 5.74) is 31.4. The second-order valence-electron chi connectivity index (χ2n) is 34.5. The Labute approximate surface area is 714 Å². The second kappa shape index (κ2) is 27.5. The molecule has 0 N–H and O–H groups in total. The highest BCUT2D eigenvalue weighted by molar-refractivity contribution is 7.00. The van der Waals surface area contributed by atoms with Gasteiger partial charge in [-0.25, -0.2) is 0 Å². The SMILES string of the molecule is CC(C)(C)c1cc2c3c(c1)N(c1c(-c4ccccc4)cc(-c4cccc5ccccc45)cc1-c1ccccc1)c1cc(-n4c5ccc6ccccc6c5c5c6ccccc6ccc54)ccc1B3c1ccc(-n3c4ccc5ccccc5c4c4c5ccccc5ccc43)cc1N2c1c(-c2ccccc2)cc(-c2cccc3ccccc23)cc1-c1ccccc1. The first-order valence-electron chi connectivity index (χ1n) is 43.0. The molecular formula is C118H79BN4. The molecule has 574 valence electrons. The fourth-order valence-electron chi connectivity index (χ4n) is 21.2. The van der Waals surface area contributed by atoms with Crippen LogP contribution in [0.25, 0.3) is 186 Å². The summed E-state index contributed by atoms with van der Waals surface area (Å²) in [6.45, 7) is 6.91. The maximum absolute atomic E-state index is 2.75. The molecule has 23 aromatic rings. The van der Waals surface area contributed by atoms with Gasteiger partial charge in [0.1, 0.15) is 0 Å². The zero-order valence-corrected chi connectivity index (χ0v) is 68.3. The van der Waals surface area contributed by atoms with E-state index < -0.39 is 5.41 Å². The minimum atomic E-state index is -0.406. The van der Waals surface area contributed by atoms with Crippen molar-refractivity contribution in [2.75, 3.05) is 9.80 Å². The molecule has 21 aromatic carbocycles. The number of benzene rings is 21. The first-order valence-corrected chi connectivity index (χ1v) is 43.0. The molecule has 0 atom stereocenters. The maximum atomic E-state index is 2.75. The van der Waals surface area contributed by atoms with Gasteiger partial charge in [-0.3, -0.25) is 0 Å². The fraction of sp³-hybridized carbons (Fsp3) is 0.0339. The standard InChI is InChI=1S/C118H79BN4/c1-118(2,3)86-70-109-115-110(71-86)123(117-99(78-34-12-6-13-35-78)68-85(69-100(117)79-36-14-7-15-37-79)92-53-29-45-75-39-17-23-47-90(75)92)108-73-88(121-105-64-56-82-42-20-26-50-95(82)113(105)114-96-51-27-21-43-83(96)57-65-106(114)121)59-61-102(108)119(115)101-60-58-87(120-103-62-54-80-40-18-24-48-93(80)111(103)112-94-49-25-19-41-81(94)55-63-104(112)120)72-107(101)122(109)116-97(76-30-8-4-9-31-76)66-84(67-98(116)77-32-10-5-11-33-77)91-52-28-44-74-38-16-22-46-89(74)91/h4-73H,1-3H3. The Balaban J connectivity index is 0.861. The van der Waals surface area contributed by atoms with Crippen molar-refractivity contribution in [1.82, 2.24) is 9.13 Å². The van der Waals surface area contributed by atoms with Gasteiger partial charge in [-0.2, -0.15) is 0 Å². The monoisotopic (exact) mass is 1560 g/mol. The summed E-state index contributed by atoms with van der Waals surface area (Å²) in [5, 5.41) is 19.6. The third-order valence-electron chi connectivity index (χ3n) is 26.7. The Morgan fingerprint density at radius 1 is 0.211 bits per heavy atom. The average Bonchev–Trinajstić information content (AvgIpc) is 1.01. The molecule has 0 radical (unpaired) electrons. The van der Waals surface area contributed by atoms with Crippen LogP contribution in [0, 0.1) is 0 Å². The largest absolute Gasteiger partial charge is 0.310 e. The second-order valence-corrected chi connectivity index (χ2v) is 34.5. The van der Waals surface area contributed by atoms with E-state index in [2.05, 4.69) is 464 Å². The molecule has 0 bridgehead atoms. The van der Waals surface area contributed by atoms with E-state index in [0.717, 1.165) is 123 Å². The van der Waals surface area contributed by atoms with Gasteiger partial charge in [0, 0.05) is 77.9 Å². The van der Waals surface area contributed by atoms with Gasteiger partial charge < -0.3 is 18.9 Å². The van der Waals surface area contributed by atoms with Crippen LogP contribution in [0.15, 0.2) is 425 Å². The van der Waals surface area contributed by atoms with E-state index >= 15 is 0 Å². The number of fused-ring (bicyclic) bond motifs is 20.